The fourth-order valence-corrected chi connectivity index (χ4v) is 3.80. The lowest BCUT2D eigenvalue weighted by atomic mass is 9.81. The molecule has 0 spiro atoms. The molecule has 8 heteroatoms. The molecule has 1 aliphatic heterocycles. The number of nitrogens with zero attached hydrogens (tertiary/aromatic N) is 4. The van der Waals surface area contributed by atoms with E-state index >= 15 is 0 Å². The predicted octanol–water partition coefficient (Wildman–Crippen LogP) is 2.76. The Morgan fingerprint density at radius 1 is 1.18 bits per heavy atom. The normalized spacial score (nSPS) is 22.9. The van der Waals surface area contributed by atoms with Crippen LogP contribution < -0.4 is 5.32 Å². The van der Waals surface area contributed by atoms with Crippen molar-refractivity contribution in [1.82, 2.24) is 19.6 Å². The van der Waals surface area contributed by atoms with E-state index in [1.807, 2.05) is 12.3 Å². The molecule has 0 aromatic carbocycles. The van der Waals surface area contributed by atoms with Crippen LogP contribution in [0, 0.1) is 5.82 Å². The van der Waals surface area contributed by atoms with E-state index in [2.05, 4.69) is 26.4 Å². The maximum absolute atomic E-state index is 14.4. The van der Waals surface area contributed by atoms with Crippen molar-refractivity contribution in [3.8, 4) is 11.4 Å². The molecule has 2 fully saturated rings. The van der Waals surface area contributed by atoms with Gasteiger partial charge in [0.1, 0.15) is 5.52 Å². The highest BCUT2D eigenvalue weighted by Gasteiger charge is 2.25. The third-order valence-corrected chi connectivity index (χ3v) is 5.73. The Labute approximate surface area is 161 Å². The number of hydrogen-bond donors (Lipinski definition) is 2. The van der Waals surface area contributed by atoms with Gasteiger partial charge in [0.15, 0.2) is 5.82 Å². The standard InChI is InChI=1S/C20H22FN5O2/c21-14-8-17(15-5-4-13(9-22-15)12-2-1-3-12)26-18(14)10-23-20(25-26)24-16-6-7-28-11-19(16)27/h4-5,8-10,12,16,19,27H,1-3,6-7,11H2,(H,24,25)/t16-,19-/m1/s1. The molecular weight excluding hydrogens is 361 g/mol. The van der Waals surface area contributed by atoms with Gasteiger partial charge >= 0.3 is 0 Å². The number of aromatic nitrogens is 4. The third kappa shape index (κ3) is 3.12. The minimum Gasteiger partial charge on any atom is -0.389 e. The Bertz CT molecular complexity index is 986. The minimum absolute atomic E-state index is 0.199. The molecule has 5 rings (SSSR count). The van der Waals surface area contributed by atoms with Crippen molar-refractivity contribution >= 4 is 11.5 Å². The number of fused-ring (bicyclic) bond motifs is 1. The van der Waals surface area contributed by atoms with Crippen LogP contribution in [0.4, 0.5) is 10.3 Å². The Balaban J connectivity index is 1.46. The van der Waals surface area contributed by atoms with Gasteiger partial charge in [0.2, 0.25) is 5.95 Å². The van der Waals surface area contributed by atoms with E-state index in [1.165, 1.54) is 41.6 Å². The summed E-state index contributed by atoms with van der Waals surface area (Å²) in [7, 11) is 0. The summed E-state index contributed by atoms with van der Waals surface area (Å²) in [6, 6.07) is 5.23. The second-order valence-electron chi connectivity index (χ2n) is 7.54. The molecule has 0 unspecified atom stereocenters. The van der Waals surface area contributed by atoms with Crippen LogP contribution in [0.15, 0.2) is 30.6 Å². The van der Waals surface area contributed by atoms with Crippen LogP contribution in [0.2, 0.25) is 0 Å². The highest BCUT2D eigenvalue weighted by Crippen LogP contribution is 2.36. The van der Waals surface area contributed by atoms with Gasteiger partial charge in [-0.15, -0.1) is 5.10 Å². The number of nitrogens with one attached hydrogen (secondary N) is 1. The van der Waals surface area contributed by atoms with Gasteiger partial charge in [0, 0.05) is 18.9 Å². The zero-order valence-electron chi connectivity index (χ0n) is 15.4. The van der Waals surface area contributed by atoms with Gasteiger partial charge in [-0.05, 0) is 36.8 Å². The van der Waals surface area contributed by atoms with E-state index in [1.54, 1.807) is 0 Å². The molecule has 28 heavy (non-hydrogen) atoms. The number of anilines is 1. The molecule has 1 saturated carbocycles. The Kier molecular flexibility index (Phi) is 4.44. The average Bonchev–Trinajstić information content (AvgIpc) is 2.99. The van der Waals surface area contributed by atoms with Crippen molar-refractivity contribution in [3.05, 3.63) is 42.0 Å². The molecular formula is C20H22FN5O2. The molecule has 2 aliphatic rings. The fraction of sp³-hybridized carbons (Fsp3) is 0.450. The monoisotopic (exact) mass is 383 g/mol. The molecule has 146 valence electrons. The molecule has 0 bridgehead atoms. The lowest BCUT2D eigenvalue weighted by Gasteiger charge is -2.28. The summed E-state index contributed by atoms with van der Waals surface area (Å²) < 4.78 is 21.2. The van der Waals surface area contributed by atoms with Gasteiger partial charge in [-0.2, -0.15) is 0 Å². The number of aliphatic hydroxyl groups excluding tert-OH is 1. The van der Waals surface area contributed by atoms with Gasteiger partial charge in [-0.1, -0.05) is 12.5 Å². The third-order valence-electron chi connectivity index (χ3n) is 5.73. The first-order valence-electron chi connectivity index (χ1n) is 9.72. The van der Waals surface area contributed by atoms with Gasteiger partial charge in [-0.3, -0.25) is 4.98 Å². The van der Waals surface area contributed by atoms with Gasteiger partial charge < -0.3 is 15.2 Å². The molecule has 2 atom stereocenters. The van der Waals surface area contributed by atoms with Crippen molar-refractivity contribution in [2.45, 2.75) is 43.7 Å². The van der Waals surface area contributed by atoms with E-state index in [9.17, 15) is 9.50 Å². The minimum atomic E-state index is -0.630. The molecule has 1 aliphatic carbocycles. The zero-order valence-corrected chi connectivity index (χ0v) is 15.4. The number of ether oxygens (including phenoxy) is 1. The SMILES string of the molecule is O[C@@H]1COCC[C@H]1Nc1ncc2c(F)cc(-c3ccc(C4CCC4)cn3)n2n1. The maximum Gasteiger partial charge on any atom is 0.241 e. The summed E-state index contributed by atoms with van der Waals surface area (Å²) in [4.78, 5) is 8.75. The van der Waals surface area contributed by atoms with E-state index in [4.69, 9.17) is 4.74 Å². The molecule has 2 N–H and O–H groups in total. The maximum atomic E-state index is 14.4. The second-order valence-corrected chi connectivity index (χ2v) is 7.54. The molecule has 0 radical (unpaired) electrons. The summed E-state index contributed by atoms with van der Waals surface area (Å²) in [6.07, 6.45) is 7.05. The van der Waals surface area contributed by atoms with Gasteiger partial charge in [0.05, 0.1) is 36.3 Å². The molecule has 3 aromatic rings. The van der Waals surface area contributed by atoms with Gasteiger partial charge in [0.25, 0.3) is 0 Å². The lowest BCUT2D eigenvalue weighted by Crippen LogP contribution is -2.42. The summed E-state index contributed by atoms with van der Waals surface area (Å²) in [5.74, 6) is 0.547. The number of aliphatic hydroxyl groups is 1. The van der Waals surface area contributed by atoms with Gasteiger partial charge in [-0.25, -0.2) is 13.9 Å². The van der Waals surface area contributed by atoms with Crippen molar-refractivity contribution in [2.24, 2.45) is 0 Å². The van der Waals surface area contributed by atoms with Crippen LogP contribution >= 0.6 is 0 Å². The molecule has 0 amide bonds. The highest BCUT2D eigenvalue weighted by molar-refractivity contribution is 5.64. The first kappa shape index (κ1) is 17.5. The van der Waals surface area contributed by atoms with Crippen LogP contribution in [0.5, 0.6) is 0 Å². The van der Waals surface area contributed by atoms with Crippen LogP contribution in [-0.2, 0) is 4.74 Å². The number of hydrogen-bond acceptors (Lipinski definition) is 6. The topological polar surface area (TPSA) is 84.6 Å². The highest BCUT2D eigenvalue weighted by atomic mass is 19.1. The van der Waals surface area contributed by atoms with E-state index in [0.29, 0.717) is 36.3 Å². The quantitative estimate of drug-likeness (QED) is 0.721. The van der Waals surface area contributed by atoms with Crippen LogP contribution in [0.1, 0.15) is 37.2 Å². The van der Waals surface area contributed by atoms with Crippen LogP contribution in [0.3, 0.4) is 0 Å². The smallest absolute Gasteiger partial charge is 0.241 e. The molecule has 1 saturated heterocycles. The second kappa shape index (κ2) is 7.10. The first-order valence-corrected chi connectivity index (χ1v) is 9.72. The van der Waals surface area contributed by atoms with Crippen molar-refractivity contribution in [1.29, 1.82) is 0 Å². The number of rotatable bonds is 4. The fourth-order valence-electron chi connectivity index (χ4n) is 3.80. The number of pyridine rings is 1. The lowest BCUT2D eigenvalue weighted by molar-refractivity contribution is -0.0136. The Morgan fingerprint density at radius 2 is 2.07 bits per heavy atom. The molecule has 3 aromatic heterocycles. The largest absolute Gasteiger partial charge is 0.389 e. The average molecular weight is 383 g/mol. The van der Waals surface area contributed by atoms with Crippen LogP contribution in [-0.4, -0.2) is 50.0 Å². The Morgan fingerprint density at radius 3 is 2.79 bits per heavy atom. The van der Waals surface area contributed by atoms with E-state index < -0.39 is 11.9 Å². The number of halogens is 1. The summed E-state index contributed by atoms with van der Waals surface area (Å²) >= 11 is 0. The Hall–Kier alpha value is -2.58. The molecule has 4 heterocycles. The van der Waals surface area contributed by atoms with Crippen molar-refractivity contribution < 1.29 is 14.2 Å². The van der Waals surface area contributed by atoms with Crippen molar-refractivity contribution in [2.75, 3.05) is 18.5 Å². The van der Waals surface area contributed by atoms with E-state index in [-0.39, 0.29) is 18.2 Å². The molecule has 7 nitrogen and oxygen atoms in total. The summed E-state index contributed by atoms with van der Waals surface area (Å²) in [5, 5.41) is 17.6. The summed E-state index contributed by atoms with van der Waals surface area (Å²) in [6.45, 7) is 0.845. The first-order chi connectivity index (χ1) is 13.7. The zero-order chi connectivity index (χ0) is 19.1. The van der Waals surface area contributed by atoms with Crippen molar-refractivity contribution in [3.63, 3.8) is 0 Å². The van der Waals surface area contributed by atoms with E-state index in [0.717, 1.165) is 0 Å². The van der Waals surface area contributed by atoms with Crippen LogP contribution in [0.25, 0.3) is 16.9 Å². The summed E-state index contributed by atoms with van der Waals surface area (Å²) in [5.41, 5.74) is 2.77. The predicted molar refractivity (Wildman–Crippen MR) is 102 cm³/mol.